The van der Waals surface area contributed by atoms with Crippen LogP contribution in [0.5, 0.6) is 0 Å². The Balaban J connectivity index is 1.84. The fourth-order valence-electron chi connectivity index (χ4n) is 2.65. The first-order valence-electron chi connectivity index (χ1n) is 7.86. The molecule has 1 aromatic heterocycles. The average Bonchev–Trinajstić information content (AvgIpc) is 2.97. The molecule has 2 N–H and O–H groups in total. The van der Waals surface area contributed by atoms with Crippen LogP contribution in [-0.2, 0) is 16.4 Å². The van der Waals surface area contributed by atoms with Crippen LogP contribution in [0.1, 0.15) is 28.0 Å². The third-order valence-electron chi connectivity index (χ3n) is 3.90. The van der Waals surface area contributed by atoms with E-state index in [-0.39, 0.29) is 4.21 Å². The molecular formula is C16H20N4O3S2. The summed E-state index contributed by atoms with van der Waals surface area (Å²) < 4.78 is 27.4. The van der Waals surface area contributed by atoms with Crippen molar-refractivity contribution >= 4 is 38.1 Å². The maximum Gasteiger partial charge on any atom is 0.275 e. The summed E-state index contributed by atoms with van der Waals surface area (Å²) in [5.74, 6) is -0.632. The lowest BCUT2D eigenvalue weighted by atomic mass is 10.0. The molecule has 0 unspecified atom stereocenters. The third kappa shape index (κ3) is 3.62. The number of hydrogen-bond acceptors (Lipinski definition) is 7. The number of hydrogen-bond donors (Lipinski definition) is 2. The highest BCUT2D eigenvalue weighted by Crippen LogP contribution is 2.29. The van der Waals surface area contributed by atoms with Crippen molar-refractivity contribution in [3.63, 3.8) is 0 Å². The van der Waals surface area contributed by atoms with Gasteiger partial charge in [0.15, 0.2) is 9.34 Å². The lowest BCUT2D eigenvalue weighted by molar-refractivity contribution is 0.0981. The number of carbonyl (C=O) groups is 1. The van der Waals surface area contributed by atoms with E-state index in [4.69, 9.17) is 0 Å². The van der Waals surface area contributed by atoms with E-state index in [1.165, 1.54) is 0 Å². The van der Waals surface area contributed by atoms with E-state index in [9.17, 15) is 13.2 Å². The molecule has 2 aromatic rings. The van der Waals surface area contributed by atoms with Gasteiger partial charge in [-0.05, 0) is 43.5 Å². The maximum atomic E-state index is 12.6. The Morgan fingerprint density at radius 3 is 2.80 bits per heavy atom. The van der Waals surface area contributed by atoms with Crippen LogP contribution in [0.4, 0.5) is 10.8 Å². The second-order valence-electron chi connectivity index (χ2n) is 6.10. The number of thiazole rings is 1. The van der Waals surface area contributed by atoms with Crippen molar-refractivity contribution in [2.45, 2.75) is 24.0 Å². The summed E-state index contributed by atoms with van der Waals surface area (Å²) in [7, 11) is -0.386. The lowest BCUT2D eigenvalue weighted by Crippen LogP contribution is -2.30. The minimum Gasteiger partial charge on any atom is -0.385 e. The molecule has 0 aliphatic carbocycles. The van der Waals surface area contributed by atoms with Crippen molar-refractivity contribution in [3.8, 4) is 0 Å². The quantitative estimate of drug-likeness (QED) is 0.843. The normalized spacial score (nSPS) is 13.7. The molecule has 0 spiro atoms. The van der Waals surface area contributed by atoms with Crippen LogP contribution in [-0.4, -0.2) is 39.9 Å². The Morgan fingerprint density at radius 1 is 1.36 bits per heavy atom. The number of rotatable bonds is 4. The minimum absolute atomic E-state index is 0.0594. The van der Waals surface area contributed by atoms with Crippen LogP contribution in [0.3, 0.4) is 0 Å². The largest absolute Gasteiger partial charge is 0.385 e. The van der Waals surface area contributed by atoms with Gasteiger partial charge in [0.1, 0.15) is 0 Å². The number of fused-ring (bicyclic) bond motifs is 1. The van der Waals surface area contributed by atoms with Crippen molar-refractivity contribution in [2.75, 3.05) is 30.9 Å². The van der Waals surface area contributed by atoms with Crippen LogP contribution in [0.2, 0.25) is 0 Å². The number of nitrogens with one attached hydrogen (secondary N) is 2. The molecule has 0 bridgehead atoms. The Kier molecular flexibility index (Phi) is 4.70. The first kappa shape index (κ1) is 17.7. The van der Waals surface area contributed by atoms with E-state index >= 15 is 0 Å². The first-order chi connectivity index (χ1) is 11.8. The monoisotopic (exact) mass is 380 g/mol. The molecule has 2 heterocycles. The molecule has 1 amide bonds. The van der Waals surface area contributed by atoms with E-state index in [2.05, 4.69) is 15.0 Å². The summed E-state index contributed by atoms with van der Waals surface area (Å²) in [4.78, 5) is 18.4. The molecule has 3 rings (SSSR count). The molecule has 0 radical (unpaired) electrons. The Hall–Kier alpha value is -2.13. The van der Waals surface area contributed by atoms with Crippen molar-refractivity contribution in [1.29, 1.82) is 0 Å². The summed E-state index contributed by atoms with van der Waals surface area (Å²) in [6, 6.07) is 5.20. The van der Waals surface area contributed by atoms with E-state index in [0.29, 0.717) is 16.4 Å². The van der Waals surface area contributed by atoms with Crippen LogP contribution in [0.15, 0.2) is 22.4 Å². The van der Waals surface area contributed by atoms with Gasteiger partial charge in [-0.25, -0.2) is 18.1 Å². The highest BCUT2D eigenvalue weighted by Gasteiger charge is 2.25. The Morgan fingerprint density at radius 2 is 2.12 bits per heavy atom. The zero-order valence-corrected chi connectivity index (χ0v) is 15.9. The van der Waals surface area contributed by atoms with Gasteiger partial charge < -0.3 is 10.2 Å². The second kappa shape index (κ2) is 6.64. The zero-order chi connectivity index (χ0) is 18.2. The van der Waals surface area contributed by atoms with E-state index < -0.39 is 15.9 Å². The van der Waals surface area contributed by atoms with Crippen molar-refractivity contribution in [3.05, 3.63) is 35.0 Å². The van der Waals surface area contributed by atoms with E-state index in [1.807, 2.05) is 6.07 Å². The summed E-state index contributed by atoms with van der Waals surface area (Å²) in [5.41, 5.74) is 2.74. The van der Waals surface area contributed by atoms with Gasteiger partial charge in [-0.1, -0.05) is 11.3 Å². The van der Waals surface area contributed by atoms with E-state index in [1.54, 1.807) is 38.1 Å². The van der Waals surface area contributed by atoms with Crippen LogP contribution in [0, 0.1) is 6.92 Å². The third-order valence-corrected chi connectivity index (χ3v) is 7.17. The first-order valence-corrected chi connectivity index (χ1v) is 10.2. The number of aryl methyl sites for hydroxylation is 2. The molecular weight excluding hydrogens is 360 g/mol. The molecule has 1 aliphatic rings. The summed E-state index contributed by atoms with van der Waals surface area (Å²) in [6.07, 6.45) is 1.86. The number of nitrogens with zero attached hydrogens (tertiary/aromatic N) is 2. The van der Waals surface area contributed by atoms with Crippen molar-refractivity contribution < 1.29 is 13.2 Å². The number of anilines is 2. The number of amides is 1. The molecule has 9 heteroatoms. The maximum absolute atomic E-state index is 12.6. The van der Waals surface area contributed by atoms with E-state index in [0.717, 1.165) is 42.0 Å². The van der Waals surface area contributed by atoms with Gasteiger partial charge in [0.25, 0.3) is 15.9 Å². The average molecular weight is 380 g/mol. The summed E-state index contributed by atoms with van der Waals surface area (Å²) in [6.45, 7) is 2.53. The summed E-state index contributed by atoms with van der Waals surface area (Å²) >= 11 is 1.04. The highest BCUT2D eigenvalue weighted by atomic mass is 32.2. The molecule has 0 fully saturated rings. The number of aromatic nitrogens is 1. The van der Waals surface area contributed by atoms with Gasteiger partial charge >= 0.3 is 0 Å². The molecule has 1 aromatic carbocycles. The molecule has 1 aliphatic heterocycles. The van der Waals surface area contributed by atoms with Gasteiger partial charge in [-0.3, -0.25) is 4.79 Å². The predicted octanol–water partition coefficient (Wildman–Crippen LogP) is 1.99. The van der Waals surface area contributed by atoms with Crippen LogP contribution < -0.4 is 14.9 Å². The Labute approximate surface area is 151 Å². The number of carbonyl (C=O) groups excluding carboxylic acids is 1. The number of benzene rings is 1. The standard InChI is InChI=1S/C16H20N4O3S2/c1-10-15(24-16(18-10)20(2)3)25(22,23)19-14(21)12-6-7-13-11(9-12)5-4-8-17-13/h6-7,9,17H,4-5,8H2,1-3H3,(H,19,21). The molecule has 7 nitrogen and oxygen atoms in total. The topological polar surface area (TPSA) is 91.4 Å². The zero-order valence-electron chi connectivity index (χ0n) is 14.3. The predicted molar refractivity (Wildman–Crippen MR) is 99.1 cm³/mol. The van der Waals surface area contributed by atoms with Gasteiger partial charge in [-0.15, -0.1) is 0 Å². The fraction of sp³-hybridized carbons (Fsp3) is 0.375. The van der Waals surface area contributed by atoms with Crippen LogP contribution >= 0.6 is 11.3 Å². The lowest BCUT2D eigenvalue weighted by Gasteiger charge is -2.18. The number of sulfonamides is 1. The highest BCUT2D eigenvalue weighted by molar-refractivity contribution is 7.92. The Bertz CT molecular complexity index is 919. The smallest absolute Gasteiger partial charge is 0.275 e. The van der Waals surface area contributed by atoms with Gasteiger partial charge in [0.2, 0.25) is 0 Å². The minimum atomic E-state index is -3.96. The molecule has 0 saturated heterocycles. The van der Waals surface area contributed by atoms with Gasteiger partial charge in [0, 0.05) is 31.9 Å². The molecule has 25 heavy (non-hydrogen) atoms. The van der Waals surface area contributed by atoms with Gasteiger partial charge in [-0.2, -0.15) is 0 Å². The van der Waals surface area contributed by atoms with Crippen molar-refractivity contribution in [1.82, 2.24) is 9.71 Å². The molecule has 0 atom stereocenters. The fourth-order valence-corrected chi connectivity index (χ4v) is 5.05. The van der Waals surface area contributed by atoms with Crippen LogP contribution in [0.25, 0.3) is 0 Å². The summed E-state index contributed by atoms with van der Waals surface area (Å²) in [5, 5.41) is 3.84. The SMILES string of the molecule is Cc1nc(N(C)C)sc1S(=O)(=O)NC(=O)c1ccc2c(c1)CCCN2. The molecule has 134 valence electrons. The molecule has 0 saturated carbocycles. The second-order valence-corrected chi connectivity index (χ2v) is 8.96. The van der Waals surface area contributed by atoms with Gasteiger partial charge in [0.05, 0.1) is 5.69 Å². The van der Waals surface area contributed by atoms with Crippen molar-refractivity contribution in [2.24, 2.45) is 0 Å².